The minimum Gasteiger partial charge on any atom is -0.382 e. The molecule has 0 aromatic rings. The van der Waals surface area contributed by atoms with Crippen molar-refractivity contribution in [3.8, 4) is 0 Å². The lowest BCUT2D eigenvalue weighted by Gasteiger charge is -2.40. The molecule has 0 saturated heterocycles. The second-order valence-corrected chi connectivity index (χ2v) is 6.81. The van der Waals surface area contributed by atoms with Gasteiger partial charge in [0.25, 0.3) is 0 Å². The van der Waals surface area contributed by atoms with Gasteiger partial charge in [0.15, 0.2) is 23.3 Å². The molecule has 0 radical (unpaired) electrons. The van der Waals surface area contributed by atoms with Gasteiger partial charge in [0, 0.05) is 0 Å². The summed E-state index contributed by atoms with van der Waals surface area (Å²) in [6.45, 7) is 0. The molecule has 0 aliphatic heterocycles. The first-order chi connectivity index (χ1) is 16.5. The number of hydrogen-bond acceptors (Lipinski definition) is 4. The van der Waals surface area contributed by atoms with Crippen molar-refractivity contribution in [2.75, 3.05) is 0 Å². The highest BCUT2D eigenvalue weighted by atomic mass is 19.4. The molecule has 0 aliphatic carbocycles. The lowest BCUT2D eigenvalue weighted by atomic mass is 9.99. The molecule has 0 atom stereocenters. The topological polar surface area (TPSA) is 125 Å². The summed E-state index contributed by atoms with van der Waals surface area (Å²) in [5.74, 6) is -71.1. The number of nitrogens with one attached hydrogen (secondary N) is 4. The summed E-state index contributed by atoms with van der Waals surface area (Å²) < 4.78 is 264. The number of rotatable bonds is 8. The highest BCUT2D eigenvalue weighted by Crippen LogP contribution is 2.52. The van der Waals surface area contributed by atoms with Crippen molar-refractivity contribution in [2.45, 2.75) is 53.8 Å². The zero-order valence-corrected chi connectivity index (χ0v) is 17.1. The Hall–Kier alpha value is -3.12. The van der Waals surface area contributed by atoms with Crippen LogP contribution in [0.25, 0.3) is 0 Å². The fourth-order valence-corrected chi connectivity index (χ4v) is 1.93. The van der Waals surface area contributed by atoms with Gasteiger partial charge in [-0.25, -0.2) is 0 Å². The Morgan fingerprint density at radius 2 is 0.590 bits per heavy atom. The van der Waals surface area contributed by atoms with Crippen LogP contribution in [0.5, 0.6) is 0 Å². The van der Waals surface area contributed by atoms with Crippen molar-refractivity contribution in [2.24, 2.45) is 5.73 Å². The van der Waals surface area contributed by atoms with Gasteiger partial charge in [-0.2, -0.15) is 87.8 Å². The molecular weight excluding hydrogens is 620 g/mol. The number of halogens is 20. The van der Waals surface area contributed by atoms with Crippen LogP contribution in [-0.4, -0.2) is 82.1 Å². The molecule has 0 fully saturated rings. The number of nitrogens with zero attached hydrogens (tertiary/aromatic N) is 1. The first-order valence-corrected chi connectivity index (χ1v) is 8.24. The van der Waals surface area contributed by atoms with Crippen LogP contribution in [0.3, 0.4) is 0 Å². The van der Waals surface area contributed by atoms with Gasteiger partial charge in [-0.05, 0) is 0 Å². The molecule has 6 nitrogen and oxygen atoms in total. The third-order valence-corrected chi connectivity index (χ3v) is 4.19. The summed E-state index contributed by atoms with van der Waals surface area (Å²) in [4.78, 5) is -3.39. The van der Waals surface area contributed by atoms with E-state index in [1.165, 1.54) is 0 Å². The summed E-state index contributed by atoms with van der Waals surface area (Å²) in [7, 11) is 0. The lowest BCUT2D eigenvalue weighted by molar-refractivity contribution is -0.339. The van der Waals surface area contributed by atoms with Crippen molar-refractivity contribution >= 4 is 23.3 Å². The van der Waals surface area contributed by atoms with E-state index in [4.69, 9.17) is 21.6 Å². The predicted molar refractivity (Wildman–Crippen MR) is 83.7 cm³/mol. The van der Waals surface area contributed by atoms with Crippen LogP contribution in [0.15, 0.2) is 0 Å². The van der Waals surface area contributed by atoms with Gasteiger partial charge >= 0.3 is 53.8 Å². The van der Waals surface area contributed by atoms with Gasteiger partial charge < -0.3 is 5.73 Å². The Morgan fingerprint density at radius 3 is 0.769 bits per heavy atom. The molecule has 6 N–H and O–H groups in total. The minimum absolute atomic E-state index is 3.33. The zero-order valence-electron chi connectivity index (χ0n) is 17.1. The Balaban J connectivity index is 7.62. The van der Waals surface area contributed by atoms with Gasteiger partial charge in [-0.3, -0.25) is 26.5 Å². The van der Waals surface area contributed by atoms with E-state index in [9.17, 15) is 87.8 Å². The molecule has 0 heterocycles. The average Bonchev–Trinajstić information content (AvgIpc) is 2.70. The van der Waals surface area contributed by atoms with E-state index in [0.29, 0.717) is 0 Å². The van der Waals surface area contributed by atoms with E-state index in [1.807, 2.05) is 0 Å². The normalized spacial score (nSPS) is 15.2. The molecule has 228 valence electrons. The van der Waals surface area contributed by atoms with E-state index < -0.39 is 82.1 Å². The van der Waals surface area contributed by atoms with Crippen LogP contribution < -0.4 is 5.73 Å². The summed E-state index contributed by atoms with van der Waals surface area (Å²) in [5, 5.41) is 25.5. The Morgan fingerprint density at radius 1 is 0.385 bits per heavy atom. The maximum Gasteiger partial charge on any atom is 0.460 e. The highest BCUT2D eigenvalue weighted by molar-refractivity contribution is 6.19. The highest BCUT2D eigenvalue weighted by Gasteiger charge is 2.81. The number of alkyl halides is 20. The van der Waals surface area contributed by atoms with Crippen molar-refractivity contribution in [3.63, 3.8) is 0 Å². The van der Waals surface area contributed by atoms with E-state index in [1.54, 1.807) is 0 Å². The number of amidine groups is 4. The molecule has 0 aromatic carbocycles. The second kappa shape index (κ2) is 9.22. The van der Waals surface area contributed by atoms with Gasteiger partial charge in [0.1, 0.15) is 0 Å². The largest absolute Gasteiger partial charge is 0.460 e. The fraction of sp³-hybridized carbons (Fsp3) is 0.692. The van der Waals surface area contributed by atoms with Crippen molar-refractivity contribution in [1.29, 1.82) is 21.6 Å². The Kier molecular flexibility index (Phi) is 8.49. The van der Waals surface area contributed by atoms with Crippen LogP contribution in [0, 0.1) is 21.6 Å². The molecule has 0 saturated carbocycles. The molecule has 26 heteroatoms. The molecule has 0 spiro atoms. The van der Waals surface area contributed by atoms with E-state index in [-0.39, 0.29) is 0 Å². The number of hydrogen-bond donors (Lipinski definition) is 5. The van der Waals surface area contributed by atoms with Crippen molar-refractivity contribution in [1.82, 2.24) is 4.90 Å². The van der Waals surface area contributed by atoms with Gasteiger partial charge in [-0.15, -0.1) is 0 Å². The van der Waals surface area contributed by atoms with Crippen LogP contribution in [0.2, 0.25) is 0 Å². The molecule has 0 aromatic heterocycles. The maximum absolute atomic E-state index is 14.1. The Labute approximate surface area is 198 Å². The second-order valence-electron chi connectivity index (χ2n) is 6.81. The van der Waals surface area contributed by atoms with Crippen molar-refractivity contribution in [3.05, 3.63) is 0 Å². The SMILES string of the molecule is N=C(N(C(=N)C(F)(F)C(F)(F)C(F)(F)F)C(=N)C(F)(F)C(F)(F)C(F)(F)C(=N)N)C(F)(F)C(F)(F)C(F)(F)F. The third-order valence-electron chi connectivity index (χ3n) is 4.19. The summed E-state index contributed by atoms with van der Waals surface area (Å²) in [6.07, 6.45) is -15.4. The standard InChI is InChI=1S/C13H6F20N6/c14-5(15,1(34)35)9(22,23)6(16,17)2(36)39(3(37)7(18,19)10(24,25)12(28,29)30)4(38)8(20,21)11(26,27)13(31,32)33/h36-38H,(H3,34,35). The predicted octanol–water partition coefficient (Wildman–Crippen LogP) is 5.73. The van der Waals surface area contributed by atoms with Crippen LogP contribution in [0.4, 0.5) is 87.8 Å². The van der Waals surface area contributed by atoms with Crippen LogP contribution in [-0.2, 0) is 0 Å². The minimum atomic E-state index is -7.90. The van der Waals surface area contributed by atoms with E-state index in [2.05, 4.69) is 5.73 Å². The average molecular weight is 626 g/mol. The molecule has 0 bridgehead atoms. The maximum atomic E-state index is 14.1. The van der Waals surface area contributed by atoms with Crippen LogP contribution in [0.1, 0.15) is 0 Å². The fourth-order valence-electron chi connectivity index (χ4n) is 1.93. The quantitative estimate of drug-likeness (QED) is 0.134. The molecule has 0 unspecified atom stereocenters. The zero-order chi connectivity index (χ0) is 32.4. The molecule has 39 heavy (non-hydrogen) atoms. The molecule has 0 rings (SSSR count). The third kappa shape index (κ3) is 5.00. The van der Waals surface area contributed by atoms with Crippen molar-refractivity contribution < 1.29 is 87.8 Å². The Bertz CT molecular complexity index is 970. The van der Waals surface area contributed by atoms with E-state index >= 15 is 0 Å². The van der Waals surface area contributed by atoms with Gasteiger partial charge in [0.05, 0.1) is 0 Å². The first kappa shape index (κ1) is 35.9. The molecular formula is C13H6F20N6. The van der Waals surface area contributed by atoms with Gasteiger partial charge in [-0.1, -0.05) is 0 Å². The number of nitrogens with two attached hydrogens (primary N) is 1. The smallest absolute Gasteiger partial charge is 0.382 e. The lowest BCUT2D eigenvalue weighted by Crippen LogP contribution is -2.71. The molecule has 0 aliphatic rings. The molecule has 0 amide bonds. The van der Waals surface area contributed by atoms with Gasteiger partial charge in [0.2, 0.25) is 0 Å². The van der Waals surface area contributed by atoms with Crippen LogP contribution >= 0.6 is 0 Å². The van der Waals surface area contributed by atoms with E-state index in [0.717, 1.165) is 0 Å². The monoisotopic (exact) mass is 626 g/mol. The summed E-state index contributed by atoms with van der Waals surface area (Å²) >= 11 is 0. The summed E-state index contributed by atoms with van der Waals surface area (Å²) in [5.41, 5.74) is 3.86. The first-order valence-electron chi connectivity index (χ1n) is 8.24. The summed E-state index contributed by atoms with van der Waals surface area (Å²) in [6, 6.07) is 0.